The topological polar surface area (TPSA) is 41.8 Å². The van der Waals surface area contributed by atoms with E-state index in [1.807, 2.05) is 12.1 Å². The van der Waals surface area contributed by atoms with Gasteiger partial charge in [0.2, 0.25) is 0 Å². The molecule has 0 fully saturated rings. The molecule has 0 bridgehead atoms. The molecule has 1 aromatic rings. The van der Waals surface area contributed by atoms with Gasteiger partial charge in [-0.2, -0.15) is 0 Å². The van der Waals surface area contributed by atoms with Crippen LogP contribution in [0.5, 0.6) is 0 Å². The minimum atomic E-state index is -0.398. The van der Waals surface area contributed by atoms with E-state index in [1.165, 1.54) is 4.90 Å². The molecule has 0 unspecified atom stereocenters. The van der Waals surface area contributed by atoms with Crippen LogP contribution in [0.2, 0.25) is 0 Å². The first kappa shape index (κ1) is 11.8. The van der Waals surface area contributed by atoms with Crippen molar-refractivity contribution in [3.05, 3.63) is 29.8 Å². The van der Waals surface area contributed by atoms with Gasteiger partial charge >= 0.3 is 5.91 Å². The Morgan fingerprint density at radius 2 is 1.76 bits per heavy atom. The monoisotopic (exact) mass is 233 g/mol. The number of hydrogen-bond acceptors (Lipinski definition) is 2. The average molecular weight is 233 g/mol. The van der Waals surface area contributed by atoms with Crippen molar-refractivity contribution in [2.45, 2.75) is 13.8 Å². The van der Waals surface area contributed by atoms with Gasteiger partial charge in [-0.15, -0.1) is 0 Å². The first-order valence-electron chi connectivity index (χ1n) is 5.97. The van der Waals surface area contributed by atoms with Gasteiger partial charge in [0.15, 0.2) is 6.67 Å². The molecule has 0 aliphatic carbocycles. The van der Waals surface area contributed by atoms with Crippen LogP contribution in [-0.2, 0) is 4.79 Å². The number of benzene rings is 1. The number of carbonyl (C=O) groups excluding carboxylic acids is 2. The Kier molecular flexibility index (Phi) is 3.24. The number of fused-ring (bicyclic) bond motifs is 1. The van der Waals surface area contributed by atoms with Crippen molar-refractivity contribution >= 4 is 17.4 Å². The van der Waals surface area contributed by atoms with Crippen molar-refractivity contribution in [1.29, 1.82) is 0 Å². The normalized spacial score (nSPS) is 14.6. The Morgan fingerprint density at radius 3 is 2.41 bits per heavy atom. The number of amides is 1. The highest BCUT2D eigenvalue weighted by molar-refractivity contribution is 6.52. The standard InChI is InChI=1S/C13H16N2O2/c1-3-14(4-2)9-15-11-8-6-5-7-10(11)12(16)13(15)17/h5-8H,3-4,9H2,1-2H3/p+1. The molecule has 4 nitrogen and oxygen atoms in total. The lowest BCUT2D eigenvalue weighted by atomic mass is 10.1. The number of Topliss-reactive ketones (excluding diaryl/α,β-unsaturated/α-hetero) is 1. The quantitative estimate of drug-likeness (QED) is 0.749. The van der Waals surface area contributed by atoms with Gasteiger partial charge < -0.3 is 4.90 Å². The maximum Gasteiger partial charge on any atom is 0.303 e. The third-order valence-corrected chi connectivity index (χ3v) is 3.26. The van der Waals surface area contributed by atoms with E-state index >= 15 is 0 Å². The van der Waals surface area contributed by atoms with Crippen molar-refractivity contribution in [2.75, 3.05) is 24.7 Å². The third kappa shape index (κ3) is 1.96. The number of quaternary nitrogens is 1. The molecule has 0 atom stereocenters. The molecular weight excluding hydrogens is 216 g/mol. The zero-order chi connectivity index (χ0) is 12.4. The zero-order valence-electron chi connectivity index (χ0n) is 10.2. The lowest BCUT2D eigenvalue weighted by Crippen LogP contribution is -3.13. The molecule has 1 aliphatic heterocycles. The molecule has 1 aromatic carbocycles. The second-order valence-corrected chi connectivity index (χ2v) is 4.19. The van der Waals surface area contributed by atoms with Gasteiger partial charge in [-0.3, -0.25) is 14.5 Å². The number of nitrogens with one attached hydrogen (secondary N) is 1. The number of rotatable bonds is 4. The summed E-state index contributed by atoms with van der Waals surface area (Å²) in [6, 6.07) is 7.20. The van der Waals surface area contributed by atoms with E-state index in [1.54, 1.807) is 17.0 Å². The van der Waals surface area contributed by atoms with Gasteiger partial charge in [-0.25, -0.2) is 0 Å². The van der Waals surface area contributed by atoms with Crippen LogP contribution < -0.4 is 9.80 Å². The molecule has 0 aromatic heterocycles. The van der Waals surface area contributed by atoms with Gasteiger partial charge in [0, 0.05) is 0 Å². The number of ketones is 1. The Bertz CT molecular complexity index is 452. The highest BCUT2D eigenvalue weighted by atomic mass is 16.2. The third-order valence-electron chi connectivity index (χ3n) is 3.26. The molecule has 0 saturated heterocycles. The number of carbonyl (C=O) groups is 2. The Balaban J connectivity index is 2.30. The van der Waals surface area contributed by atoms with E-state index in [0.29, 0.717) is 12.2 Å². The van der Waals surface area contributed by atoms with Crippen LogP contribution in [0.25, 0.3) is 0 Å². The first-order valence-corrected chi connectivity index (χ1v) is 5.97. The summed E-state index contributed by atoms with van der Waals surface area (Å²) in [6.07, 6.45) is 0. The van der Waals surface area contributed by atoms with Crippen LogP contribution in [0.15, 0.2) is 24.3 Å². The Labute approximate surface area is 101 Å². The van der Waals surface area contributed by atoms with Crippen LogP contribution in [0.4, 0.5) is 5.69 Å². The number of hydrogen-bond donors (Lipinski definition) is 1. The van der Waals surface area contributed by atoms with Crippen LogP contribution in [-0.4, -0.2) is 31.4 Å². The fourth-order valence-electron chi connectivity index (χ4n) is 2.10. The highest BCUT2D eigenvalue weighted by Gasteiger charge is 2.36. The maximum atomic E-state index is 11.9. The molecule has 90 valence electrons. The van der Waals surface area contributed by atoms with Crippen molar-refractivity contribution < 1.29 is 14.5 Å². The van der Waals surface area contributed by atoms with Gasteiger partial charge in [0.25, 0.3) is 5.78 Å². The number of anilines is 1. The van der Waals surface area contributed by atoms with E-state index in [2.05, 4.69) is 13.8 Å². The van der Waals surface area contributed by atoms with Crippen molar-refractivity contribution in [2.24, 2.45) is 0 Å². The summed E-state index contributed by atoms with van der Waals surface area (Å²) in [7, 11) is 0. The first-order chi connectivity index (χ1) is 8.19. The van der Waals surface area contributed by atoms with E-state index in [-0.39, 0.29) is 5.78 Å². The molecule has 17 heavy (non-hydrogen) atoms. The molecule has 4 heteroatoms. The van der Waals surface area contributed by atoms with Crippen molar-refractivity contribution in [3.8, 4) is 0 Å². The van der Waals surface area contributed by atoms with Gasteiger partial charge in [0.05, 0.1) is 24.3 Å². The molecule has 1 aliphatic rings. The summed E-state index contributed by atoms with van der Waals surface area (Å²) in [5, 5.41) is 0. The molecule has 1 N–H and O–H groups in total. The molecule has 1 heterocycles. The predicted octanol–water partition coefficient (Wildman–Crippen LogP) is 0.0981. The van der Waals surface area contributed by atoms with Gasteiger partial charge in [-0.1, -0.05) is 12.1 Å². The molecule has 2 rings (SSSR count). The van der Waals surface area contributed by atoms with E-state index in [0.717, 1.165) is 18.8 Å². The maximum absolute atomic E-state index is 11.9. The SMILES string of the molecule is CC[NH+](CC)CN1C(=O)C(=O)c2ccccc21. The molecule has 0 saturated carbocycles. The minimum Gasteiger partial charge on any atom is -0.318 e. The zero-order valence-corrected chi connectivity index (χ0v) is 10.2. The van der Waals surface area contributed by atoms with Crippen LogP contribution in [0.1, 0.15) is 24.2 Å². The lowest BCUT2D eigenvalue weighted by Gasteiger charge is -2.22. The smallest absolute Gasteiger partial charge is 0.303 e. The van der Waals surface area contributed by atoms with Crippen LogP contribution >= 0.6 is 0 Å². The molecule has 0 radical (unpaired) electrons. The molecular formula is C13H17N2O2+. The summed E-state index contributed by atoms with van der Waals surface area (Å²) >= 11 is 0. The highest BCUT2D eigenvalue weighted by Crippen LogP contribution is 2.27. The van der Waals surface area contributed by atoms with E-state index in [9.17, 15) is 9.59 Å². The van der Waals surface area contributed by atoms with Crippen molar-refractivity contribution in [3.63, 3.8) is 0 Å². The summed E-state index contributed by atoms with van der Waals surface area (Å²) in [4.78, 5) is 26.5. The second kappa shape index (κ2) is 4.67. The van der Waals surface area contributed by atoms with Crippen LogP contribution in [0.3, 0.4) is 0 Å². The van der Waals surface area contributed by atoms with Gasteiger partial charge in [-0.05, 0) is 26.0 Å². The van der Waals surface area contributed by atoms with Crippen molar-refractivity contribution in [1.82, 2.24) is 0 Å². The van der Waals surface area contributed by atoms with E-state index < -0.39 is 5.91 Å². The summed E-state index contributed by atoms with van der Waals surface area (Å²) in [6.45, 7) is 6.60. The van der Waals surface area contributed by atoms with Gasteiger partial charge in [0.1, 0.15) is 0 Å². The Hall–Kier alpha value is -1.68. The minimum absolute atomic E-state index is 0.382. The largest absolute Gasteiger partial charge is 0.318 e. The molecule has 0 spiro atoms. The fraction of sp³-hybridized carbons (Fsp3) is 0.385. The summed E-state index contributed by atoms with van der Waals surface area (Å²) in [5.74, 6) is -0.780. The summed E-state index contributed by atoms with van der Waals surface area (Å²) < 4.78 is 0. The van der Waals surface area contributed by atoms with E-state index in [4.69, 9.17) is 0 Å². The fourth-order valence-corrected chi connectivity index (χ4v) is 2.10. The number of para-hydroxylation sites is 1. The summed E-state index contributed by atoms with van der Waals surface area (Å²) in [5.41, 5.74) is 1.28. The Morgan fingerprint density at radius 1 is 1.12 bits per heavy atom. The molecule has 1 amide bonds. The lowest BCUT2D eigenvalue weighted by molar-refractivity contribution is -0.895. The number of nitrogens with zero attached hydrogens (tertiary/aromatic N) is 1. The predicted molar refractivity (Wildman–Crippen MR) is 65.2 cm³/mol. The second-order valence-electron chi connectivity index (χ2n) is 4.19. The van der Waals surface area contributed by atoms with Crippen LogP contribution in [0, 0.1) is 0 Å². The average Bonchev–Trinajstić information content (AvgIpc) is 2.61.